The van der Waals surface area contributed by atoms with Crippen LogP contribution in [0.3, 0.4) is 0 Å². The lowest BCUT2D eigenvalue weighted by Crippen LogP contribution is -2.24. The molecule has 0 spiro atoms. The summed E-state index contributed by atoms with van der Waals surface area (Å²) in [7, 11) is 0. The Morgan fingerprint density at radius 1 is 1.21 bits per heavy atom. The molecule has 0 aromatic carbocycles. The Morgan fingerprint density at radius 3 is 2.58 bits per heavy atom. The van der Waals surface area contributed by atoms with Gasteiger partial charge in [0.2, 0.25) is 0 Å². The molecular weight excluding hydrogens is 234 g/mol. The largest absolute Gasteiger partial charge is 0.381 e. The average molecular weight is 261 g/mol. The Balaban J connectivity index is 1.98. The van der Waals surface area contributed by atoms with Gasteiger partial charge in [-0.15, -0.1) is 0 Å². The van der Waals surface area contributed by atoms with Crippen LogP contribution in [0.5, 0.6) is 0 Å². The van der Waals surface area contributed by atoms with Gasteiger partial charge < -0.3 is 10.2 Å². The Hall–Kier alpha value is -1.25. The minimum absolute atomic E-state index is 0.645. The van der Waals surface area contributed by atoms with Crippen LogP contribution < -0.4 is 10.2 Å². The van der Waals surface area contributed by atoms with E-state index in [-0.39, 0.29) is 0 Å². The molecule has 1 heterocycles. The summed E-state index contributed by atoms with van der Waals surface area (Å²) in [5.74, 6) is 1.91. The van der Waals surface area contributed by atoms with E-state index in [1.807, 2.05) is 6.20 Å². The molecule has 2 rings (SSSR count). The van der Waals surface area contributed by atoms with E-state index in [1.54, 1.807) is 0 Å². The predicted octanol–water partition coefficient (Wildman–Crippen LogP) is 3.92. The molecule has 1 aromatic rings. The third-order valence-electron chi connectivity index (χ3n) is 4.37. The summed E-state index contributed by atoms with van der Waals surface area (Å²) in [6.07, 6.45) is 7.30. The summed E-state index contributed by atoms with van der Waals surface area (Å²) >= 11 is 0. The van der Waals surface area contributed by atoms with Gasteiger partial charge >= 0.3 is 0 Å². The van der Waals surface area contributed by atoms with E-state index >= 15 is 0 Å². The van der Waals surface area contributed by atoms with Crippen LogP contribution in [0.1, 0.15) is 46.5 Å². The number of hydrogen-bond acceptors (Lipinski definition) is 3. The van der Waals surface area contributed by atoms with Crippen LogP contribution in [0.25, 0.3) is 0 Å². The van der Waals surface area contributed by atoms with Crippen LogP contribution in [0, 0.1) is 5.92 Å². The minimum Gasteiger partial charge on any atom is -0.381 e. The number of pyridine rings is 1. The van der Waals surface area contributed by atoms with Crippen LogP contribution in [0.15, 0.2) is 18.3 Å². The van der Waals surface area contributed by atoms with Crippen molar-refractivity contribution in [3.63, 3.8) is 0 Å². The second-order valence-corrected chi connectivity index (χ2v) is 5.43. The van der Waals surface area contributed by atoms with Gasteiger partial charge in [-0.1, -0.05) is 19.8 Å². The first kappa shape index (κ1) is 14.2. The van der Waals surface area contributed by atoms with Crippen molar-refractivity contribution in [1.29, 1.82) is 0 Å². The second-order valence-electron chi connectivity index (χ2n) is 5.43. The molecule has 1 N–H and O–H groups in total. The number of anilines is 2. The van der Waals surface area contributed by atoms with Crippen molar-refractivity contribution in [2.24, 2.45) is 5.92 Å². The summed E-state index contributed by atoms with van der Waals surface area (Å²) in [6.45, 7) is 8.66. The average Bonchev–Trinajstić information content (AvgIpc) is 2.89. The smallest absolute Gasteiger partial charge is 0.128 e. The van der Waals surface area contributed by atoms with E-state index in [4.69, 9.17) is 0 Å². The van der Waals surface area contributed by atoms with Gasteiger partial charge in [0.15, 0.2) is 0 Å². The Labute approximate surface area is 117 Å². The van der Waals surface area contributed by atoms with E-state index in [9.17, 15) is 0 Å². The van der Waals surface area contributed by atoms with Crippen molar-refractivity contribution in [2.75, 3.05) is 23.3 Å². The number of nitrogens with one attached hydrogen (secondary N) is 1. The summed E-state index contributed by atoms with van der Waals surface area (Å²) < 4.78 is 0. The fraction of sp³-hybridized carbons (Fsp3) is 0.688. The standard InChI is InChI=1S/C16H27N3/c1-4-13-8-7-9-15(13)18-14-10-11-16(17-12-14)19(5-2)6-3/h10-13,15,18H,4-9H2,1-3H3. The van der Waals surface area contributed by atoms with Gasteiger partial charge in [0.05, 0.1) is 11.9 Å². The van der Waals surface area contributed by atoms with Gasteiger partial charge in [-0.3, -0.25) is 0 Å². The maximum absolute atomic E-state index is 4.58. The van der Waals surface area contributed by atoms with Gasteiger partial charge in [0, 0.05) is 19.1 Å². The zero-order valence-corrected chi connectivity index (χ0v) is 12.5. The van der Waals surface area contributed by atoms with Crippen molar-refractivity contribution in [2.45, 2.75) is 52.5 Å². The maximum Gasteiger partial charge on any atom is 0.128 e. The van der Waals surface area contributed by atoms with Crippen LogP contribution in [-0.4, -0.2) is 24.1 Å². The van der Waals surface area contributed by atoms with Crippen molar-refractivity contribution in [3.8, 4) is 0 Å². The summed E-state index contributed by atoms with van der Waals surface area (Å²) in [5.41, 5.74) is 1.17. The Morgan fingerprint density at radius 2 is 2.00 bits per heavy atom. The maximum atomic E-state index is 4.58. The van der Waals surface area contributed by atoms with Crippen LogP contribution in [0.2, 0.25) is 0 Å². The molecular formula is C16H27N3. The number of aromatic nitrogens is 1. The SMILES string of the molecule is CCC1CCCC1Nc1ccc(N(CC)CC)nc1. The molecule has 1 aliphatic rings. The third kappa shape index (κ3) is 3.40. The molecule has 0 radical (unpaired) electrons. The van der Waals surface area contributed by atoms with E-state index < -0.39 is 0 Å². The van der Waals surface area contributed by atoms with Crippen molar-refractivity contribution in [3.05, 3.63) is 18.3 Å². The van der Waals surface area contributed by atoms with Crippen molar-refractivity contribution >= 4 is 11.5 Å². The molecule has 19 heavy (non-hydrogen) atoms. The van der Waals surface area contributed by atoms with Crippen molar-refractivity contribution < 1.29 is 0 Å². The molecule has 0 bridgehead atoms. The number of rotatable bonds is 6. The van der Waals surface area contributed by atoms with E-state index in [0.29, 0.717) is 6.04 Å². The zero-order valence-electron chi connectivity index (χ0n) is 12.5. The van der Waals surface area contributed by atoms with Crippen molar-refractivity contribution in [1.82, 2.24) is 4.98 Å². The Kier molecular flexibility index (Phi) is 5.06. The lowest BCUT2D eigenvalue weighted by Gasteiger charge is -2.22. The lowest BCUT2D eigenvalue weighted by molar-refractivity contribution is 0.489. The topological polar surface area (TPSA) is 28.2 Å². The van der Waals surface area contributed by atoms with E-state index in [2.05, 4.69) is 48.1 Å². The molecule has 1 fully saturated rings. The molecule has 0 aliphatic heterocycles. The van der Waals surface area contributed by atoms with Crippen LogP contribution in [0.4, 0.5) is 11.5 Å². The van der Waals surface area contributed by atoms with Gasteiger partial charge in [-0.25, -0.2) is 4.98 Å². The van der Waals surface area contributed by atoms with Gasteiger partial charge in [-0.2, -0.15) is 0 Å². The molecule has 0 saturated heterocycles. The molecule has 0 amide bonds. The van der Waals surface area contributed by atoms with Gasteiger partial charge in [0.25, 0.3) is 0 Å². The predicted molar refractivity (Wildman–Crippen MR) is 82.8 cm³/mol. The molecule has 1 saturated carbocycles. The molecule has 2 atom stereocenters. The Bertz CT molecular complexity index is 370. The summed E-state index contributed by atoms with van der Waals surface area (Å²) in [4.78, 5) is 6.85. The summed E-state index contributed by atoms with van der Waals surface area (Å²) in [6, 6.07) is 4.95. The molecule has 3 heteroatoms. The first-order valence-electron chi connectivity index (χ1n) is 7.76. The highest BCUT2D eigenvalue weighted by molar-refractivity contribution is 5.49. The van der Waals surface area contributed by atoms with Gasteiger partial charge in [-0.05, 0) is 44.7 Å². The van der Waals surface area contributed by atoms with Crippen LogP contribution in [-0.2, 0) is 0 Å². The highest BCUT2D eigenvalue weighted by Gasteiger charge is 2.25. The first-order valence-corrected chi connectivity index (χ1v) is 7.76. The monoisotopic (exact) mass is 261 g/mol. The normalized spacial score (nSPS) is 22.5. The van der Waals surface area contributed by atoms with Gasteiger partial charge in [0.1, 0.15) is 5.82 Å². The quantitative estimate of drug-likeness (QED) is 0.841. The first-order chi connectivity index (χ1) is 9.28. The van der Waals surface area contributed by atoms with E-state index in [1.165, 1.54) is 31.4 Å². The lowest BCUT2D eigenvalue weighted by atomic mass is 10.0. The highest BCUT2D eigenvalue weighted by atomic mass is 15.2. The number of hydrogen-bond donors (Lipinski definition) is 1. The summed E-state index contributed by atoms with van der Waals surface area (Å²) in [5, 5.41) is 3.66. The molecule has 1 aliphatic carbocycles. The second kappa shape index (κ2) is 6.78. The highest BCUT2D eigenvalue weighted by Crippen LogP contribution is 2.30. The molecule has 106 valence electrons. The third-order valence-corrected chi connectivity index (χ3v) is 4.37. The minimum atomic E-state index is 0.645. The van der Waals surface area contributed by atoms with E-state index in [0.717, 1.165) is 24.8 Å². The fourth-order valence-corrected chi connectivity index (χ4v) is 3.14. The van der Waals surface area contributed by atoms with Crippen LogP contribution >= 0.6 is 0 Å². The molecule has 3 nitrogen and oxygen atoms in total. The fourth-order valence-electron chi connectivity index (χ4n) is 3.14. The zero-order chi connectivity index (χ0) is 13.7. The number of nitrogens with zero attached hydrogens (tertiary/aromatic N) is 2. The molecule has 1 aromatic heterocycles. The molecule has 2 unspecified atom stereocenters.